The molecule has 1 heterocycles. The summed E-state index contributed by atoms with van der Waals surface area (Å²) in [6.07, 6.45) is 0. The average Bonchev–Trinajstić information content (AvgIpc) is 2.97. The summed E-state index contributed by atoms with van der Waals surface area (Å²) in [5, 5.41) is 3.79. The molecule has 9 nitrogen and oxygen atoms in total. The first-order valence-electron chi connectivity index (χ1n) is 7.60. The van der Waals surface area contributed by atoms with Crippen molar-refractivity contribution in [1.82, 2.24) is 9.88 Å². The van der Waals surface area contributed by atoms with Gasteiger partial charge in [0, 0.05) is 5.56 Å². The van der Waals surface area contributed by atoms with Gasteiger partial charge in [-0.25, -0.2) is 8.42 Å². The minimum atomic E-state index is -4.00. The van der Waals surface area contributed by atoms with E-state index in [0.29, 0.717) is 5.75 Å². The van der Waals surface area contributed by atoms with E-state index in [1.54, 1.807) is 0 Å². The van der Waals surface area contributed by atoms with Gasteiger partial charge < -0.3 is 14.0 Å². The number of Topliss-reactive ketones (excluding diaryl/α,β-unsaturated/α-hetero) is 1. The average molecular weight is 417 g/mol. The molecule has 11 heteroatoms. The lowest BCUT2D eigenvalue weighted by Gasteiger charge is -2.08. The van der Waals surface area contributed by atoms with Crippen LogP contribution < -0.4 is 9.46 Å². The van der Waals surface area contributed by atoms with Crippen LogP contribution in [0.5, 0.6) is 5.75 Å². The SMILES string of the molecule is COc1ccc(C(=O)COC(=O)CNS(=O)(=O)c2c(C)noc2C)cc1Cl. The molecule has 1 N–H and O–H groups in total. The highest BCUT2D eigenvalue weighted by Crippen LogP contribution is 2.25. The summed E-state index contributed by atoms with van der Waals surface area (Å²) in [5.74, 6) is -0.918. The summed E-state index contributed by atoms with van der Waals surface area (Å²) >= 11 is 5.94. The molecule has 0 amide bonds. The highest BCUT2D eigenvalue weighted by atomic mass is 35.5. The zero-order valence-electron chi connectivity index (χ0n) is 14.7. The van der Waals surface area contributed by atoms with E-state index in [2.05, 4.69) is 9.88 Å². The van der Waals surface area contributed by atoms with Crippen LogP contribution in [0.25, 0.3) is 0 Å². The monoisotopic (exact) mass is 416 g/mol. The van der Waals surface area contributed by atoms with Crippen LogP contribution in [0.1, 0.15) is 21.8 Å². The van der Waals surface area contributed by atoms with E-state index in [0.717, 1.165) is 0 Å². The van der Waals surface area contributed by atoms with Gasteiger partial charge in [-0.05, 0) is 32.0 Å². The first-order valence-corrected chi connectivity index (χ1v) is 9.46. The molecule has 0 saturated carbocycles. The van der Waals surface area contributed by atoms with Gasteiger partial charge in [-0.15, -0.1) is 0 Å². The molecule has 0 radical (unpaired) electrons. The fraction of sp³-hybridized carbons (Fsp3) is 0.312. The molecule has 0 aliphatic carbocycles. The Morgan fingerprint density at radius 1 is 1.30 bits per heavy atom. The van der Waals surface area contributed by atoms with Crippen LogP contribution in [0, 0.1) is 13.8 Å². The molecular weight excluding hydrogens is 400 g/mol. The smallest absolute Gasteiger partial charge is 0.321 e. The Hall–Kier alpha value is -2.43. The maximum atomic E-state index is 12.2. The van der Waals surface area contributed by atoms with E-state index in [1.807, 2.05) is 0 Å². The number of ketones is 1. The lowest BCUT2D eigenvalue weighted by Crippen LogP contribution is -2.32. The first kappa shape index (κ1) is 20.9. The summed E-state index contributed by atoms with van der Waals surface area (Å²) in [6.45, 7) is 1.69. The highest BCUT2D eigenvalue weighted by molar-refractivity contribution is 7.89. The van der Waals surface area contributed by atoms with Gasteiger partial charge >= 0.3 is 5.97 Å². The van der Waals surface area contributed by atoms with Crippen molar-refractivity contribution in [3.8, 4) is 5.75 Å². The maximum absolute atomic E-state index is 12.2. The van der Waals surface area contributed by atoms with Crippen molar-refractivity contribution >= 4 is 33.4 Å². The number of rotatable bonds is 8. The molecule has 0 spiro atoms. The van der Waals surface area contributed by atoms with Gasteiger partial charge in [0.1, 0.15) is 22.9 Å². The summed E-state index contributed by atoms with van der Waals surface area (Å²) < 4.78 is 41.0. The maximum Gasteiger partial charge on any atom is 0.321 e. The van der Waals surface area contributed by atoms with Crippen molar-refractivity contribution in [2.45, 2.75) is 18.7 Å². The number of benzene rings is 1. The predicted molar refractivity (Wildman–Crippen MR) is 94.5 cm³/mol. The zero-order valence-corrected chi connectivity index (χ0v) is 16.3. The highest BCUT2D eigenvalue weighted by Gasteiger charge is 2.25. The molecule has 0 aliphatic rings. The predicted octanol–water partition coefficient (Wildman–Crippen LogP) is 1.66. The Kier molecular flexibility index (Phi) is 6.58. The molecule has 0 atom stereocenters. The molecule has 0 fully saturated rings. The lowest BCUT2D eigenvalue weighted by atomic mass is 10.1. The Balaban J connectivity index is 1.91. The van der Waals surface area contributed by atoms with Crippen molar-refractivity contribution in [3.63, 3.8) is 0 Å². The number of halogens is 1. The number of nitrogens with one attached hydrogen (secondary N) is 1. The number of sulfonamides is 1. The fourth-order valence-electron chi connectivity index (χ4n) is 2.20. The molecule has 27 heavy (non-hydrogen) atoms. The van der Waals surface area contributed by atoms with Crippen LogP contribution in [0.4, 0.5) is 0 Å². The minimum Gasteiger partial charge on any atom is -0.495 e. The molecule has 0 aliphatic heterocycles. The van der Waals surface area contributed by atoms with Gasteiger partial charge in [-0.3, -0.25) is 9.59 Å². The molecular formula is C16H17ClN2O7S. The van der Waals surface area contributed by atoms with Crippen LogP contribution in [0.2, 0.25) is 5.02 Å². The van der Waals surface area contributed by atoms with Gasteiger partial charge in [-0.1, -0.05) is 16.8 Å². The van der Waals surface area contributed by atoms with Crippen molar-refractivity contribution in [2.24, 2.45) is 0 Å². The normalized spacial score (nSPS) is 11.3. The Morgan fingerprint density at radius 2 is 2.00 bits per heavy atom. The third-order valence-corrected chi connectivity index (χ3v) is 5.42. The largest absolute Gasteiger partial charge is 0.495 e. The van der Waals surface area contributed by atoms with E-state index >= 15 is 0 Å². The number of nitrogens with zero attached hydrogens (tertiary/aromatic N) is 1. The van der Waals surface area contributed by atoms with Crippen LogP contribution in [-0.2, 0) is 19.6 Å². The summed E-state index contributed by atoms with van der Waals surface area (Å²) in [7, 11) is -2.56. The molecule has 0 unspecified atom stereocenters. The number of ether oxygens (including phenoxy) is 2. The number of aromatic nitrogens is 1. The number of hydrogen-bond acceptors (Lipinski definition) is 8. The number of esters is 1. The summed E-state index contributed by atoms with van der Waals surface area (Å²) in [5.41, 5.74) is 0.393. The molecule has 0 saturated heterocycles. The third kappa shape index (κ3) is 5.06. The Morgan fingerprint density at radius 3 is 2.56 bits per heavy atom. The molecule has 1 aromatic heterocycles. The molecule has 2 aromatic rings. The van der Waals surface area contributed by atoms with E-state index < -0.39 is 34.9 Å². The van der Waals surface area contributed by atoms with Crippen molar-refractivity contribution < 1.29 is 32.0 Å². The first-order chi connectivity index (χ1) is 12.7. The number of carbonyl (C=O) groups excluding carboxylic acids is 2. The molecule has 2 rings (SSSR count). The minimum absolute atomic E-state index is 0.0972. The van der Waals surface area contributed by atoms with Crippen LogP contribution in [-0.4, -0.2) is 45.6 Å². The fourth-order valence-corrected chi connectivity index (χ4v) is 3.76. The van der Waals surface area contributed by atoms with Gasteiger partial charge in [0.25, 0.3) is 0 Å². The quantitative estimate of drug-likeness (QED) is 0.508. The lowest BCUT2D eigenvalue weighted by molar-refractivity contribution is -0.141. The van der Waals surface area contributed by atoms with Crippen molar-refractivity contribution in [1.29, 1.82) is 0 Å². The number of aryl methyl sites for hydroxylation is 2. The molecule has 1 aromatic carbocycles. The van der Waals surface area contributed by atoms with Crippen LogP contribution in [0.3, 0.4) is 0 Å². The topological polar surface area (TPSA) is 125 Å². The number of hydrogen-bond donors (Lipinski definition) is 1. The summed E-state index contributed by atoms with van der Waals surface area (Å²) in [6, 6.07) is 4.37. The van der Waals surface area contributed by atoms with Gasteiger partial charge in [0.2, 0.25) is 10.0 Å². The third-order valence-electron chi connectivity index (χ3n) is 3.48. The van der Waals surface area contributed by atoms with Crippen LogP contribution >= 0.6 is 11.6 Å². The second-order valence-electron chi connectivity index (χ2n) is 5.41. The van der Waals surface area contributed by atoms with E-state index in [1.165, 1.54) is 39.2 Å². The standard InChI is InChI=1S/C16H17ClN2O7S/c1-9-16(10(2)26-19-9)27(22,23)18-7-15(21)25-8-13(20)11-4-5-14(24-3)12(17)6-11/h4-6,18H,7-8H2,1-3H3. The van der Waals surface area contributed by atoms with Gasteiger partial charge in [0.05, 0.1) is 12.1 Å². The van der Waals surface area contributed by atoms with Crippen molar-refractivity contribution in [3.05, 3.63) is 40.2 Å². The van der Waals surface area contributed by atoms with Crippen molar-refractivity contribution in [2.75, 3.05) is 20.3 Å². The number of methoxy groups -OCH3 is 1. The van der Waals surface area contributed by atoms with Gasteiger partial charge in [-0.2, -0.15) is 4.72 Å². The molecule has 146 valence electrons. The Labute approximate surface area is 160 Å². The van der Waals surface area contributed by atoms with Gasteiger partial charge in [0.15, 0.2) is 18.2 Å². The number of carbonyl (C=O) groups is 2. The summed E-state index contributed by atoms with van der Waals surface area (Å²) in [4.78, 5) is 23.6. The van der Waals surface area contributed by atoms with E-state index in [4.69, 9.17) is 25.6 Å². The molecule has 0 bridgehead atoms. The zero-order chi connectivity index (χ0) is 20.2. The van der Waals surface area contributed by atoms with E-state index in [-0.39, 0.29) is 26.9 Å². The Bertz CT molecular complexity index is 950. The van der Waals surface area contributed by atoms with Crippen LogP contribution in [0.15, 0.2) is 27.6 Å². The van der Waals surface area contributed by atoms with E-state index in [9.17, 15) is 18.0 Å². The second-order valence-corrected chi connectivity index (χ2v) is 7.52. The second kappa shape index (κ2) is 8.51.